The number of methoxy groups -OCH3 is 1. The highest BCUT2D eigenvalue weighted by Crippen LogP contribution is 2.27. The number of tetrazole rings is 1. The average molecular weight is 581 g/mol. The molecule has 1 aliphatic rings. The highest BCUT2D eigenvalue weighted by Gasteiger charge is 2.26. The lowest BCUT2D eigenvalue weighted by atomic mass is 9.89. The standard InChI is InChI=1S/C29H33ClN6O5/c1-18-5-3-4-6-21(16-26(37)23-9-7-19(14-27(38)41-2)13-24(23)33-28(18)39)29(40)31-12-11-20-15-22(30)8-10-25(20)36-17-32-34-35-36/h7-10,13,15,17-18,21H,3-6,11-12,14,16H2,1-2H3,(H,31,40)(H,33,39). The summed E-state index contributed by atoms with van der Waals surface area (Å²) >= 11 is 6.21. The van der Waals surface area contributed by atoms with Crippen LogP contribution in [0, 0.1) is 11.8 Å². The smallest absolute Gasteiger partial charge is 0.309 e. The third kappa shape index (κ3) is 7.97. The van der Waals surface area contributed by atoms with Gasteiger partial charge in [0.25, 0.3) is 0 Å². The first kappa shape index (κ1) is 29.9. The van der Waals surface area contributed by atoms with Crippen molar-refractivity contribution in [2.45, 2.75) is 51.9 Å². The molecular weight excluding hydrogens is 548 g/mol. The van der Waals surface area contributed by atoms with Gasteiger partial charge < -0.3 is 15.4 Å². The van der Waals surface area contributed by atoms with Gasteiger partial charge in [-0.05, 0) is 71.1 Å². The van der Waals surface area contributed by atoms with Crippen LogP contribution in [-0.4, -0.2) is 57.4 Å². The second-order valence-electron chi connectivity index (χ2n) is 10.2. The van der Waals surface area contributed by atoms with Crippen molar-refractivity contribution in [1.82, 2.24) is 25.5 Å². The number of anilines is 1. The molecule has 41 heavy (non-hydrogen) atoms. The van der Waals surface area contributed by atoms with E-state index in [0.29, 0.717) is 54.1 Å². The van der Waals surface area contributed by atoms with Crippen LogP contribution in [0.2, 0.25) is 5.02 Å². The maximum Gasteiger partial charge on any atom is 0.309 e. The molecule has 2 amide bonds. The summed E-state index contributed by atoms with van der Waals surface area (Å²) in [5.74, 6) is -1.89. The van der Waals surface area contributed by atoms with E-state index in [0.717, 1.165) is 17.7 Å². The van der Waals surface area contributed by atoms with Gasteiger partial charge in [-0.2, -0.15) is 0 Å². The van der Waals surface area contributed by atoms with Crippen LogP contribution in [0.4, 0.5) is 5.69 Å². The highest BCUT2D eigenvalue weighted by molar-refractivity contribution is 6.30. The molecular formula is C29H33ClN6O5. The minimum atomic E-state index is -0.533. The number of halogens is 1. The van der Waals surface area contributed by atoms with Gasteiger partial charge in [-0.3, -0.25) is 19.2 Å². The number of carbonyl (C=O) groups is 4. The van der Waals surface area contributed by atoms with E-state index in [4.69, 9.17) is 16.3 Å². The minimum Gasteiger partial charge on any atom is -0.469 e. The Bertz CT molecular complexity index is 1410. The number of hydrogen-bond donors (Lipinski definition) is 2. The Hall–Kier alpha value is -4.12. The first-order valence-corrected chi connectivity index (χ1v) is 14.0. The molecule has 2 N–H and O–H groups in total. The zero-order valence-corrected chi connectivity index (χ0v) is 23.8. The molecule has 0 radical (unpaired) electrons. The molecule has 2 aromatic carbocycles. The Kier molecular flexibility index (Phi) is 10.2. The SMILES string of the molecule is COC(=O)Cc1ccc2c(c1)NC(=O)C(C)CCCCC(C(=O)NCCc1cc(Cl)ccc1-n1cnnn1)CC2=O. The maximum atomic E-state index is 13.5. The Labute approximate surface area is 243 Å². The number of ether oxygens (including phenoxy) is 1. The molecule has 2 heterocycles. The molecule has 12 heteroatoms. The van der Waals surface area contributed by atoms with Gasteiger partial charge in [0.2, 0.25) is 11.8 Å². The van der Waals surface area contributed by atoms with Crippen LogP contribution < -0.4 is 10.6 Å². The molecule has 11 nitrogen and oxygen atoms in total. The summed E-state index contributed by atoms with van der Waals surface area (Å²) in [6, 6.07) is 10.3. The van der Waals surface area contributed by atoms with Gasteiger partial charge in [-0.1, -0.05) is 37.4 Å². The number of amides is 2. The van der Waals surface area contributed by atoms with Crippen molar-refractivity contribution < 1.29 is 23.9 Å². The number of esters is 1. The van der Waals surface area contributed by atoms with Crippen molar-refractivity contribution in [2.24, 2.45) is 11.8 Å². The van der Waals surface area contributed by atoms with E-state index in [-0.39, 0.29) is 36.4 Å². The molecule has 1 aliphatic heterocycles. The van der Waals surface area contributed by atoms with Gasteiger partial charge in [0.15, 0.2) is 5.78 Å². The van der Waals surface area contributed by atoms with Crippen LogP contribution in [0.1, 0.15) is 60.5 Å². The highest BCUT2D eigenvalue weighted by atomic mass is 35.5. The lowest BCUT2D eigenvalue weighted by Gasteiger charge is -2.21. The number of hydrogen-bond acceptors (Lipinski definition) is 8. The first-order valence-electron chi connectivity index (χ1n) is 13.6. The van der Waals surface area contributed by atoms with Crippen LogP contribution in [0.3, 0.4) is 0 Å². The molecule has 2 atom stereocenters. The van der Waals surface area contributed by atoms with Gasteiger partial charge >= 0.3 is 5.97 Å². The summed E-state index contributed by atoms with van der Waals surface area (Å²) in [6.45, 7) is 2.17. The third-order valence-electron chi connectivity index (χ3n) is 7.24. The molecule has 0 saturated carbocycles. The molecule has 0 saturated heterocycles. The number of fused-ring (bicyclic) bond motifs is 1. The maximum absolute atomic E-state index is 13.5. The van der Waals surface area contributed by atoms with E-state index in [1.807, 2.05) is 19.1 Å². The number of rotatable bonds is 7. The van der Waals surface area contributed by atoms with Crippen molar-refractivity contribution in [3.05, 3.63) is 64.4 Å². The van der Waals surface area contributed by atoms with Crippen LogP contribution in [0.15, 0.2) is 42.7 Å². The Balaban J connectivity index is 1.49. The van der Waals surface area contributed by atoms with Crippen LogP contribution in [0.25, 0.3) is 5.69 Å². The van der Waals surface area contributed by atoms with E-state index in [1.165, 1.54) is 18.1 Å². The second-order valence-corrected chi connectivity index (χ2v) is 10.6. The predicted octanol–water partition coefficient (Wildman–Crippen LogP) is 3.73. The predicted molar refractivity (Wildman–Crippen MR) is 152 cm³/mol. The first-order chi connectivity index (χ1) is 19.7. The fraction of sp³-hybridized carbons (Fsp3) is 0.414. The van der Waals surface area contributed by atoms with E-state index in [9.17, 15) is 19.2 Å². The Morgan fingerprint density at radius 1 is 1.15 bits per heavy atom. The van der Waals surface area contributed by atoms with Crippen molar-refractivity contribution in [2.75, 3.05) is 19.0 Å². The topological polar surface area (TPSA) is 145 Å². The largest absolute Gasteiger partial charge is 0.469 e. The van der Waals surface area contributed by atoms with Crippen molar-refractivity contribution >= 4 is 40.9 Å². The number of Topliss-reactive ketones (excluding diaryl/α,β-unsaturated/α-hetero) is 1. The van der Waals surface area contributed by atoms with E-state index in [1.54, 1.807) is 24.3 Å². The van der Waals surface area contributed by atoms with Gasteiger partial charge in [-0.25, -0.2) is 4.68 Å². The molecule has 4 rings (SSSR count). The molecule has 1 aromatic heterocycles. The number of benzene rings is 2. The van der Waals surface area contributed by atoms with Gasteiger partial charge in [0.05, 0.1) is 24.9 Å². The summed E-state index contributed by atoms with van der Waals surface area (Å²) in [7, 11) is 1.30. The Morgan fingerprint density at radius 2 is 1.95 bits per heavy atom. The zero-order valence-electron chi connectivity index (χ0n) is 23.1. The summed E-state index contributed by atoms with van der Waals surface area (Å²) < 4.78 is 6.28. The number of nitrogens with zero attached hydrogens (tertiary/aromatic N) is 4. The van der Waals surface area contributed by atoms with E-state index in [2.05, 4.69) is 26.2 Å². The minimum absolute atomic E-state index is 0.00630. The summed E-state index contributed by atoms with van der Waals surface area (Å²) in [4.78, 5) is 51.4. The summed E-state index contributed by atoms with van der Waals surface area (Å²) in [6.07, 6.45) is 4.61. The van der Waals surface area contributed by atoms with E-state index >= 15 is 0 Å². The number of nitrogens with one attached hydrogen (secondary N) is 2. The third-order valence-corrected chi connectivity index (χ3v) is 7.47. The fourth-order valence-corrected chi connectivity index (χ4v) is 5.08. The average Bonchev–Trinajstić information content (AvgIpc) is 3.48. The second kappa shape index (κ2) is 14.0. The number of aromatic nitrogens is 4. The number of carbonyl (C=O) groups excluding carboxylic acids is 4. The lowest BCUT2D eigenvalue weighted by Crippen LogP contribution is -2.34. The van der Waals surface area contributed by atoms with Crippen LogP contribution in [0.5, 0.6) is 0 Å². The molecule has 0 fully saturated rings. The fourth-order valence-electron chi connectivity index (χ4n) is 4.89. The van der Waals surface area contributed by atoms with Gasteiger partial charge in [0.1, 0.15) is 6.33 Å². The molecule has 0 bridgehead atoms. The molecule has 0 spiro atoms. The quantitative estimate of drug-likeness (QED) is 0.402. The summed E-state index contributed by atoms with van der Waals surface area (Å²) in [5, 5.41) is 17.7. The van der Waals surface area contributed by atoms with Crippen molar-refractivity contribution in [3.63, 3.8) is 0 Å². The normalized spacial score (nSPS) is 17.9. The molecule has 2 unspecified atom stereocenters. The van der Waals surface area contributed by atoms with Gasteiger partial charge in [-0.15, -0.1) is 5.10 Å². The monoisotopic (exact) mass is 580 g/mol. The van der Waals surface area contributed by atoms with Crippen molar-refractivity contribution in [1.29, 1.82) is 0 Å². The lowest BCUT2D eigenvalue weighted by molar-refractivity contribution is -0.139. The van der Waals surface area contributed by atoms with Gasteiger partial charge in [0, 0.05) is 35.4 Å². The molecule has 0 aliphatic carbocycles. The molecule has 216 valence electrons. The Morgan fingerprint density at radius 3 is 2.71 bits per heavy atom. The zero-order chi connectivity index (χ0) is 29.4. The van der Waals surface area contributed by atoms with Crippen LogP contribution in [-0.2, 0) is 32.0 Å². The van der Waals surface area contributed by atoms with E-state index < -0.39 is 11.9 Å². The van der Waals surface area contributed by atoms with Crippen molar-refractivity contribution in [3.8, 4) is 5.69 Å². The van der Waals surface area contributed by atoms with Crippen LogP contribution >= 0.6 is 11.6 Å². The molecule has 3 aromatic rings. The number of ketones is 1. The summed E-state index contributed by atoms with van der Waals surface area (Å²) in [5.41, 5.74) is 2.88.